The summed E-state index contributed by atoms with van der Waals surface area (Å²) in [6, 6.07) is 106. The van der Waals surface area contributed by atoms with Crippen LogP contribution in [0.15, 0.2) is 285 Å². The van der Waals surface area contributed by atoms with Crippen molar-refractivity contribution in [3.8, 4) is 44.5 Å². The Balaban J connectivity index is 1.08. The minimum absolute atomic E-state index is 0.550. The summed E-state index contributed by atoms with van der Waals surface area (Å²) in [5, 5.41) is 0. The Hall–Kier alpha value is -8.78. The number of hydrogen-bond acceptors (Lipinski definition) is 1. The summed E-state index contributed by atoms with van der Waals surface area (Å²) in [5.41, 5.74) is 22.1. The van der Waals surface area contributed by atoms with Gasteiger partial charge in [0.2, 0.25) is 0 Å². The van der Waals surface area contributed by atoms with E-state index in [0.29, 0.717) is 0 Å². The second-order valence-corrected chi connectivity index (χ2v) is 18.3. The predicted octanol–water partition coefficient (Wildman–Crippen LogP) is 17.2. The topological polar surface area (TPSA) is 3.24 Å². The highest BCUT2D eigenvalue weighted by atomic mass is 15.1. The lowest BCUT2D eigenvalue weighted by atomic mass is 9.67. The van der Waals surface area contributed by atoms with E-state index in [1.54, 1.807) is 0 Å². The highest BCUT2D eigenvalue weighted by molar-refractivity contribution is 5.93. The van der Waals surface area contributed by atoms with E-state index in [0.717, 1.165) is 22.6 Å². The third kappa shape index (κ3) is 6.32. The number of fused-ring (bicyclic) bond motifs is 6. The van der Waals surface area contributed by atoms with Gasteiger partial charge < -0.3 is 4.90 Å². The summed E-state index contributed by atoms with van der Waals surface area (Å²) in [5.74, 6) is 0. The summed E-state index contributed by atoms with van der Waals surface area (Å²) < 4.78 is 0. The van der Waals surface area contributed by atoms with Crippen molar-refractivity contribution in [1.29, 1.82) is 0 Å². The Morgan fingerprint density at radius 2 is 0.522 bits per heavy atom. The molecule has 0 aromatic heterocycles. The Bertz CT molecular complexity index is 3390. The van der Waals surface area contributed by atoms with Crippen LogP contribution in [0.25, 0.3) is 44.5 Å². The van der Waals surface area contributed by atoms with Crippen molar-refractivity contribution in [3.05, 3.63) is 330 Å². The maximum absolute atomic E-state index is 2.50. The normalized spacial score (nSPS) is 13.4. The third-order valence-electron chi connectivity index (χ3n) is 14.8. The summed E-state index contributed by atoms with van der Waals surface area (Å²) in [6.45, 7) is 0. The molecule has 11 aromatic carbocycles. The molecule has 0 fully saturated rings. The Morgan fingerprint density at radius 1 is 0.203 bits per heavy atom. The molecule has 1 heteroatoms. The van der Waals surface area contributed by atoms with Crippen LogP contribution < -0.4 is 4.90 Å². The van der Waals surface area contributed by atoms with Crippen LogP contribution in [0.1, 0.15) is 44.5 Å². The fraction of sp³-hybridized carbons (Fsp3) is 0.0294. The first kappa shape index (κ1) is 40.5. The van der Waals surface area contributed by atoms with Crippen molar-refractivity contribution >= 4 is 17.1 Å². The van der Waals surface area contributed by atoms with Crippen LogP contribution in [0.4, 0.5) is 17.1 Å². The lowest BCUT2D eigenvalue weighted by Gasteiger charge is -2.36. The van der Waals surface area contributed by atoms with Crippen molar-refractivity contribution in [2.45, 2.75) is 10.8 Å². The van der Waals surface area contributed by atoms with Gasteiger partial charge in [-0.25, -0.2) is 0 Å². The second-order valence-electron chi connectivity index (χ2n) is 18.3. The molecule has 0 bridgehead atoms. The highest BCUT2D eigenvalue weighted by Crippen LogP contribution is 2.59. The first-order valence-electron chi connectivity index (χ1n) is 24.0. The highest BCUT2D eigenvalue weighted by Gasteiger charge is 2.48. The zero-order valence-corrected chi connectivity index (χ0v) is 38.1. The largest absolute Gasteiger partial charge is 0.310 e. The zero-order chi connectivity index (χ0) is 45.8. The van der Waals surface area contributed by atoms with Gasteiger partial charge >= 0.3 is 0 Å². The molecule has 11 aromatic rings. The maximum Gasteiger partial charge on any atom is 0.0714 e. The predicted molar refractivity (Wildman–Crippen MR) is 287 cm³/mol. The third-order valence-corrected chi connectivity index (χ3v) is 14.8. The number of nitrogens with zero attached hydrogens (tertiary/aromatic N) is 1. The summed E-state index contributed by atoms with van der Waals surface area (Å²) in [6.07, 6.45) is 0. The first-order chi connectivity index (χ1) is 34.2. The molecule has 0 N–H and O–H groups in total. The van der Waals surface area contributed by atoms with E-state index in [-0.39, 0.29) is 0 Å². The van der Waals surface area contributed by atoms with Crippen molar-refractivity contribution in [2.75, 3.05) is 4.90 Å². The summed E-state index contributed by atoms with van der Waals surface area (Å²) >= 11 is 0. The van der Waals surface area contributed by atoms with Crippen LogP contribution in [-0.2, 0) is 10.8 Å². The molecular formula is C68H47N. The molecule has 0 aliphatic heterocycles. The van der Waals surface area contributed by atoms with E-state index in [1.807, 2.05) is 0 Å². The van der Waals surface area contributed by atoms with E-state index in [1.165, 1.54) is 83.5 Å². The fourth-order valence-electron chi connectivity index (χ4n) is 11.9. The molecule has 2 aliphatic rings. The van der Waals surface area contributed by atoms with Gasteiger partial charge in [0.15, 0.2) is 0 Å². The second kappa shape index (κ2) is 16.5. The monoisotopic (exact) mass is 877 g/mol. The van der Waals surface area contributed by atoms with Gasteiger partial charge in [0.25, 0.3) is 0 Å². The van der Waals surface area contributed by atoms with Gasteiger partial charge in [-0.15, -0.1) is 0 Å². The van der Waals surface area contributed by atoms with Gasteiger partial charge in [-0.1, -0.05) is 243 Å². The minimum Gasteiger partial charge on any atom is -0.310 e. The van der Waals surface area contributed by atoms with Crippen molar-refractivity contribution in [3.63, 3.8) is 0 Å². The van der Waals surface area contributed by atoms with Crippen LogP contribution in [0.5, 0.6) is 0 Å². The molecule has 69 heavy (non-hydrogen) atoms. The van der Waals surface area contributed by atoms with Crippen LogP contribution >= 0.6 is 0 Å². The van der Waals surface area contributed by atoms with Gasteiger partial charge in [-0.05, 0) is 131 Å². The van der Waals surface area contributed by atoms with E-state index in [9.17, 15) is 0 Å². The van der Waals surface area contributed by atoms with Crippen LogP contribution in [0, 0.1) is 0 Å². The van der Waals surface area contributed by atoms with Gasteiger partial charge in [0, 0.05) is 17.1 Å². The standard InChI is InChI=1S/C68H47N/c1-6-22-48(23-7-1)49-24-20-25-50(44-49)51-26-21-35-56(45-51)69(57-40-42-61-59-36-16-18-38-63(59)67(65(61)46-57,52-27-8-2-9-28-52)53-29-10-3-11-30-53)58-41-43-62-60-37-17-19-39-64(60)68(66(62)47-58,54-31-12-4-13-32-54)55-33-14-5-15-34-55/h1-47H. The minimum atomic E-state index is -0.550. The molecule has 0 unspecified atom stereocenters. The van der Waals surface area contributed by atoms with Gasteiger partial charge in [0.1, 0.15) is 0 Å². The lowest BCUT2D eigenvalue weighted by Crippen LogP contribution is -2.29. The maximum atomic E-state index is 2.50. The Morgan fingerprint density at radius 3 is 0.971 bits per heavy atom. The lowest BCUT2D eigenvalue weighted by molar-refractivity contribution is 0.767. The number of anilines is 3. The van der Waals surface area contributed by atoms with Gasteiger partial charge in [-0.3, -0.25) is 0 Å². The Kier molecular flexibility index (Phi) is 9.70. The van der Waals surface area contributed by atoms with E-state index < -0.39 is 10.8 Å². The molecule has 0 heterocycles. The molecule has 13 rings (SSSR count). The average Bonchev–Trinajstić information content (AvgIpc) is 3.90. The summed E-state index contributed by atoms with van der Waals surface area (Å²) in [4.78, 5) is 2.50. The quantitative estimate of drug-likeness (QED) is 0.140. The van der Waals surface area contributed by atoms with E-state index in [4.69, 9.17) is 0 Å². The zero-order valence-electron chi connectivity index (χ0n) is 38.1. The van der Waals surface area contributed by atoms with Crippen molar-refractivity contribution in [2.24, 2.45) is 0 Å². The molecule has 0 saturated heterocycles. The molecule has 1 nitrogen and oxygen atoms in total. The average molecular weight is 878 g/mol. The molecule has 0 spiro atoms. The van der Waals surface area contributed by atoms with Gasteiger partial charge in [-0.2, -0.15) is 0 Å². The van der Waals surface area contributed by atoms with Crippen LogP contribution in [-0.4, -0.2) is 0 Å². The first-order valence-corrected chi connectivity index (χ1v) is 24.0. The number of benzene rings is 11. The van der Waals surface area contributed by atoms with E-state index >= 15 is 0 Å². The van der Waals surface area contributed by atoms with Gasteiger partial charge in [0.05, 0.1) is 10.8 Å². The summed E-state index contributed by atoms with van der Waals surface area (Å²) in [7, 11) is 0. The van der Waals surface area contributed by atoms with Crippen LogP contribution in [0.2, 0.25) is 0 Å². The molecule has 0 atom stereocenters. The molecule has 2 aliphatic carbocycles. The molecule has 0 amide bonds. The number of rotatable bonds is 9. The molecule has 0 radical (unpaired) electrons. The van der Waals surface area contributed by atoms with Crippen molar-refractivity contribution in [1.82, 2.24) is 0 Å². The molecule has 0 saturated carbocycles. The molecular weight excluding hydrogens is 831 g/mol. The van der Waals surface area contributed by atoms with Crippen molar-refractivity contribution < 1.29 is 0 Å². The smallest absolute Gasteiger partial charge is 0.0714 e. The molecule has 324 valence electrons. The van der Waals surface area contributed by atoms with Crippen LogP contribution in [0.3, 0.4) is 0 Å². The Labute approximate surface area is 404 Å². The SMILES string of the molecule is c1ccc(-c2cccc(-c3cccc(N(c4ccc5c(c4)C(c4ccccc4)(c4ccccc4)c4ccccc4-5)c4ccc5c(c4)C(c4ccccc4)(c4ccccc4)c4ccccc4-5)c3)c2)cc1. The number of hydrogen-bond donors (Lipinski definition) is 0. The van der Waals surface area contributed by atoms with E-state index in [2.05, 4.69) is 290 Å². The fourth-order valence-corrected chi connectivity index (χ4v) is 11.9.